The number of carbonyl (C=O) groups is 2. The fraction of sp³-hybridized carbons (Fsp3) is 0.462. The molecule has 3 rings (SSSR count). The van der Waals surface area contributed by atoms with Gasteiger partial charge in [0, 0.05) is 37.3 Å². The molecule has 0 radical (unpaired) electrons. The lowest BCUT2D eigenvalue weighted by Crippen LogP contribution is -2.32. The lowest BCUT2D eigenvalue weighted by atomic mass is 9.91. The van der Waals surface area contributed by atoms with Crippen LogP contribution in [0.1, 0.15) is 48.4 Å². The van der Waals surface area contributed by atoms with Crippen molar-refractivity contribution in [1.82, 2.24) is 9.80 Å². The third-order valence-electron chi connectivity index (χ3n) is 6.18. The molecule has 0 fully saturated rings. The number of amides is 2. The molecule has 2 aromatic rings. The first kappa shape index (κ1) is 26.0. The van der Waals surface area contributed by atoms with Crippen LogP contribution in [0.4, 0.5) is 0 Å². The van der Waals surface area contributed by atoms with Crippen LogP contribution in [0.3, 0.4) is 0 Å². The van der Waals surface area contributed by atoms with Crippen molar-refractivity contribution in [2.24, 2.45) is 0 Å². The standard InChI is InChI=1S/C26H34N2O7/c1-8-27(9-2)25(29)16-12-13-18-22(35-15-34-18)20(16)21-17(26(30)28(10-3)11-4)14-19(31-5)23(32-6)24(21)33-7/h12-14H,8-11,15H2,1-7H3. The monoisotopic (exact) mass is 486 g/mol. The summed E-state index contributed by atoms with van der Waals surface area (Å²) >= 11 is 0. The van der Waals surface area contributed by atoms with Gasteiger partial charge in [0.15, 0.2) is 23.0 Å². The first-order valence-corrected chi connectivity index (χ1v) is 11.8. The van der Waals surface area contributed by atoms with Crippen LogP contribution in [-0.4, -0.2) is 75.9 Å². The first-order valence-electron chi connectivity index (χ1n) is 11.8. The molecular weight excluding hydrogens is 452 g/mol. The SMILES string of the molecule is CCN(CC)C(=O)c1ccc2c(c1-c1c(C(=O)N(CC)CC)cc(OC)c(OC)c1OC)OCO2. The molecule has 2 aromatic carbocycles. The molecule has 0 bridgehead atoms. The molecule has 0 aliphatic carbocycles. The molecule has 0 N–H and O–H groups in total. The maximum Gasteiger partial charge on any atom is 0.254 e. The van der Waals surface area contributed by atoms with Gasteiger partial charge in [-0.2, -0.15) is 0 Å². The summed E-state index contributed by atoms with van der Waals surface area (Å²) in [5.41, 5.74) is 1.49. The minimum atomic E-state index is -0.234. The van der Waals surface area contributed by atoms with Gasteiger partial charge in [-0.05, 0) is 45.9 Å². The van der Waals surface area contributed by atoms with E-state index >= 15 is 0 Å². The zero-order valence-corrected chi connectivity index (χ0v) is 21.5. The highest BCUT2D eigenvalue weighted by Crippen LogP contribution is 2.53. The summed E-state index contributed by atoms with van der Waals surface area (Å²) in [6.07, 6.45) is 0. The van der Waals surface area contributed by atoms with Gasteiger partial charge in [-0.3, -0.25) is 9.59 Å². The van der Waals surface area contributed by atoms with E-state index in [9.17, 15) is 9.59 Å². The Bertz CT molecular complexity index is 1090. The van der Waals surface area contributed by atoms with Crippen molar-refractivity contribution in [3.63, 3.8) is 0 Å². The van der Waals surface area contributed by atoms with Crippen LogP contribution in [0.15, 0.2) is 18.2 Å². The van der Waals surface area contributed by atoms with E-state index in [1.54, 1.807) is 28.0 Å². The van der Waals surface area contributed by atoms with Gasteiger partial charge in [0.2, 0.25) is 12.5 Å². The van der Waals surface area contributed by atoms with Crippen molar-refractivity contribution < 1.29 is 33.3 Å². The number of rotatable bonds is 10. The highest BCUT2D eigenvalue weighted by molar-refractivity contribution is 6.10. The van der Waals surface area contributed by atoms with E-state index in [1.165, 1.54) is 21.3 Å². The molecule has 2 amide bonds. The van der Waals surface area contributed by atoms with Crippen LogP contribution in [0, 0.1) is 0 Å². The van der Waals surface area contributed by atoms with E-state index in [1.807, 2.05) is 27.7 Å². The molecule has 0 unspecified atom stereocenters. The Morgan fingerprint density at radius 2 is 1.34 bits per heavy atom. The smallest absolute Gasteiger partial charge is 0.254 e. The van der Waals surface area contributed by atoms with Gasteiger partial charge >= 0.3 is 0 Å². The quantitative estimate of drug-likeness (QED) is 0.500. The van der Waals surface area contributed by atoms with E-state index in [0.29, 0.717) is 71.4 Å². The molecule has 35 heavy (non-hydrogen) atoms. The number of hydrogen-bond acceptors (Lipinski definition) is 7. The summed E-state index contributed by atoms with van der Waals surface area (Å²) in [5, 5.41) is 0. The summed E-state index contributed by atoms with van der Waals surface area (Å²) in [4.78, 5) is 30.8. The van der Waals surface area contributed by atoms with Gasteiger partial charge in [-0.15, -0.1) is 0 Å². The predicted octanol–water partition coefficient (Wildman–Crippen LogP) is 4.07. The number of benzene rings is 2. The van der Waals surface area contributed by atoms with Gasteiger partial charge in [0.1, 0.15) is 0 Å². The van der Waals surface area contributed by atoms with Crippen LogP contribution in [-0.2, 0) is 0 Å². The van der Waals surface area contributed by atoms with E-state index < -0.39 is 0 Å². The lowest BCUT2D eigenvalue weighted by molar-refractivity contribution is 0.0763. The molecule has 0 aromatic heterocycles. The van der Waals surface area contributed by atoms with Crippen molar-refractivity contribution >= 4 is 11.8 Å². The summed E-state index contributed by atoms with van der Waals surface area (Å²) in [5.74, 6) is 1.34. The van der Waals surface area contributed by atoms with Crippen LogP contribution in [0.25, 0.3) is 11.1 Å². The zero-order chi connectivity index (χ0) is 25.7. The fourth-order valence-corrected chi connectivity index (χ4v) is 4.33. The Balaban J connectivity index is 2.48. The molecular formula is C26H34N2O7. The number of fused-ring (bicyclic) bond motifs is 1. The summed E-state index contributed by atoms with van der Waals surface area (Å²) in [6, 6.07) is 5.03. The third-order valence-corrected chi connectivity index (χ3v) is 6.18. The van der Waals surface area contributed by atoms with Crippen molar-refractivity contribution in [2.45, 2.75) is 27.7 Å². The lowest BCUT2D eigenvalue weighted by Gasteiger charge is -2.26. The Hall–Kier alpha value is -3.62. The van der Waals surface area contributed by atoms with Crippen molar-refractivity contribution in [1.29, 1.82) is 0 Å². The van der Waals surface area contributed by atoms with E-state index in [2.05, 4.69) is 0 Å². The van der Waals surface area contributed by atoms with E-state index in [0.717, 1.165) is 0 Å². The average Bonchev–Trinajstić information content (AvgIpc) is 3.37. The molecule has 9 nitrogen and oxygen atoms in total. The molecule has 1 heterocycles. The van der Waals surface area contributed by atoms with Crippen molar-refractivity contribution in [3.8, 4) is 39.9 Å². The second-order valence-electron chi connectivity index (χ2n) is 7.74. The van der Waals surface area contributed by atoms with Crippen LogP contribution in [0.2, 0.25) is 0 Å². The number of ether oxygens (including phenoxy) is 5. The Labute approximate surface area is 206 Å². The average molecular weight is 487 g/mol. The first-order chi connectivity index (χ1) is 16.9. The summed E-state index contributed by atoms with van der Waals surface area (Å²) < 4.78 is 28.5. The minimum Gasteiger partial charge on any atom is -0.493 e. The molecule has 0 atom stereocenters. The highest BCUT2D eigenvalue weighted by atomic mass is 16.7. The fourth-order valence-electron chi connectivity index (χ4n) is 4.33. The third kappa shape index (κ3) is 4.54. The van der Waals surface area contributed by atoms with Gasteiger partial charge in [-0.25, -0.2) is 0 Å². The second-order valence-corrected chi connectivity index (χ2v) is 7.74. The Kier molecular flexibility index (Phi) is 8.32. The summed E-state index contributed by atoms with van der Waals surface area (Å²) in [6.45, 7) is 9.71. The normalized spacial score (nSPS) is 11.7. The van der Waals surface area contributed by atoms with Crippen LogP contribution in [0.5, 0.6) is 28.7 Å². The van der Waals surface area contributed by atoms with Crippen molar-refractivity contribution in [2.75, 3.05) is 54.3 Å². The molecule has 1 aliphatic rings. The summed E-state index contributed by atoms with van der Waals surface area (Å²) in [7, 11) is 4.47. The Morgan fingerprint density at radius 3 is 1.86 bits per heavy atom. The number of nitrogens with zero attached hydrogens (tertiary/aromatic N) is 2. The largest absolute Gasteiger partial charge is 0.493 e. The van der Waals surface area contributed by atoms with E-state index in [-0.39, 0.29) is 24.4 Å². The molecule has 0 spiro atoms. The topological polar surface area (TPSA) is 86.8 Å². The van der Waals surface area contributed by atoms with Gasteiger partial charge in [0.25, 0.3) is 11.8 Å². The van der Waals surface area contributed by atoms with Crippen LogP contribution >= 0.6 is 0 Å². The number of hydrogen-bond donors (Lipinski definition) is 0. The predicted molar refractivity (Wildman–Crippen MR) is 132 cm³/mol. The molecule has 190 valence electrons. The maximum absolute atomic E-state index is 13.8. The molecule has 0 saturated carbocycles. The molecule has 9 heteroatoms. The Morgan fingerprint density at radius 1 is 0.771 bits per heavy atom. The van der Waals surface area contributed by atoms with Gasteiger partial charge < -0.3 is 33.5 Å². The number of methoxy groups -OCH3 is 3. The van der Waals surface area contributed by atoms with Gasteiger partial charge in [0.05, 0.1) is 32.5 Å². The van der Waals surface area contributed by atoms with Crippen molar-refractivity contribution in [3.05, 3.63) is 29.3 Å². The second kappa shape index (κ2) is 11.2. The molecule has 1 aliphatic heterocycles. The van der Waals surface area contributed by atoms with Gasteiger partial charge in [-0.1, -0.05) is 0 Å². The maximum atomic E-state index is 13.8. The minimum absolute atomic E-state index is 0.000175. The molecule has 0 saturated heterocycles. The van der Waals surface area contributed by atoms with E-state index in [4.69, 9.17) is 23.7 Å². The number of carbonyl (C=O) groups excluding carboxylic acids is 2. The highest BCUT2D eigenvalue weighted by Gasteiger charge is 2.34. The zero-order valence-electron chi connectivity index (χ0n) is 21.5. The van der Waals surface area contributed by atoms with Crippen LogP contribution < -0.4 is 23.7 Å².